The zero-order chi connectivity index (χ0) is 28.7. The topological polar surface area (TPSA) is 115 Å². The lowest BCUT2D eigenvalue weighted by Gasteiger charge is -2.46. The Balaban J connectivity index is 1.45. The maximum atomic E-state index is 13.3. The zero-order valence-electron chi connectivity index (χ0n) is 23.0. The lowest BCUT2D eigenvalue weighted by molar-refractivity contribution is -0.235. The van der Waals surface area contributed by atoms with Gasteiger partial charge >= 0.3 is 0 Å². The van der Waals surface area contributed by atoms with Crippen molar-refractivity contribution in [2.75, 3.05) is 13.2 Å². The number of ether oxygens (including phenoxy) is 4. The van der Waals surface area contributed by atoms with E-state index in [2.05, 4.69) is 10.6 Å². The van der Waals surface area contributed by atoms with Crippen LogP contribution in [0.15, 0.2) is 91.0 Å². The first-order valence-electron chi connectivity index (χ1n) is 13.8. The molecule has 9 heteroatoms. The number of aliphatic hydroxyl groups excluding tert-OH is 1. The average molecular weight is 561 g/mol. The van der Waals surface area contributed by atoms with Crippen molar-refractivity contribution in [3.63, 3.8) is 0 Å². The number of fused-ring (bicyclic) bond motifs is 1. The van der Waals surface area contributed by atoms with Crippen molar-refractivity contribution in [3.8, 4) is 0 Å². The second kappa shape index (κ2) is 13.4. The van der Waals surface area contributed by atoms with Gasteiger partial charge in [0.05, 0.1) is 39.1 Å². The maximum Gasteiger partial charge on any atom is 0.251 e. The van der Waals surface area contributed by atoms with Crippen LogP contribution in [0, 0.1) is 0 Å². The van der Waals surface area contributed by atoms with Gasteiger partial charge in [0.2, 0.25) is 5.91 Å². The summed E-state index contributed by atoms with van der Waals surface area (Å²) < 4.78 is 25.6. The van der Waals surface area contributed by atoms with Crippen molar-refractivity contribution >= 4 is 11.8 Å². The Hall–Kier alpha value is -3.60. The molecule has 0 unspecified atom stereocenters. The van der Waals surface area contributed by atoms with E-state index in [1.165, 1.54) is 6.92 Å². The van der Waals surface area contributed by atoms with Gasteiger partial charge in [0.15, 0.2) is 5.54 Å². The van der Waals surface area contributed by atoms with E-state index >= 15 is 0 Å². The number of nitrogens with one attached hydrogen (secondary N) is 2. The van der Waals surface area contributed by atoms with E-state index < -0.39 is 54.4 Å². The second-order valence-corrected chi connectivity index (χ2v) is 10.4. The predicted molar refractivity (Wildman–Crippen MR) is 150 cm³/mol. The van der Waals surface area contributed by atoms with E-state index in [4.69, 9.17) is 18.9 Å². The molecule has 2 saturated heterocycles. The molecule has 2 aliphatic heterocycles. The smallest absolute Gasteiger partial charge is 0.251 e. The summed E-state index contributed by atoms with van der Waals surface area (Å²) in [6.45, 7) is 1.70. The van der Waals surface area contributed by atoms with Crippen LogP contribution >= 0.6 is 0 Å². The standard InChI is InChI=1S/C32H36N2O7/c1-22(36)34-32(21-35)30-27(33-31(32)37)29(40-19-25-15-9-4-10-16-25)28(39-18-24-13-7-3-8-14-24)26(41-30)20-38-17-23-11-5-2-6-12-23/h2-16,26-30,35H,17-21H2,1H3,(H,33,37)(H,34,36)/t26-,27-,28+,29-,30+,32-/m1/s1. The third-order valence-corrected chi connectivity index (χ3v) is 7.49. The van der Waals surface area contributed by atoms with Gasteiger partial charge in [-0.25, -0.2) is 0 Å². The van der Waals surface area contributed by atoms with Crippen LogP contribution in [0.4, 0.5) is 0 Å². The van der Waals surface area contributed by atoms with Gasteiger partial charge in [0.1, 0.15) is 24.4 Å². The molecule has 216 valence electrons. The van der Waals surface area contributed by atoms with Crippen molar-refractivity contribution in [2.24, 2.45) is 0 Å². The maximum absolute atomic E-state index is 13.3. The Morgan fingerprint density at radius 1 is 0.854 bits per heavy atom. The zero-order valence-corrected chi connectivity index (χ0v) is 23.0. The summed E-state index contributed by atoms with van der Waals surface area (Å²) >= 11 is 0. The molecule has 9 nitrogen and oxygen atoms in total. The van der Waals surface area contributed by atoms with E-state index in [0.717, 1.165) is 16.7 Å². The van der Waals surface area contributed by atoms with Crippen molar-refractivity contribution in [1.29, 1.82) is 0 Å². The molecule has 2 fully saturated rings. The van der Waals surface area contributed by atoms with Crippen molar-refractivity contribution in [1.82, 2.24) is 10.6 Å². The summed E-state index contributed by atoms with van der Waals surface area (Å²) in [5.74, 6) is -0.995. The van der Waals surface area contributed by atoms with Crippen LogP contribution in [0.25, 0.3) is 0 Å². The minimum Gasteiger partial charge on any atom is -0.393 e. The fourth-order valence-corrected chi connectivity index (χ4v) is 5.51. The van der Waals surface area contributed by atoms with Crippen LogP contribution < -0.4 is 10.6 Å². The van der Waals surface area contributed by atoms with Gasteiger partial charge in [0, 0.05) is 6.92 Å². The molecule has 5 rings (SSSR count). The van der Waals surface area contributed by atoms with E-state index in [0.29, 0.717) is 6.61 Å². The molecule has 0 saturated carbocycles. The van der Waals surface area contributed by atoms with Gasteiger partial charge in [-0.2, -0.15) is 0 Å². The summed E-state index contributed by atoms with van der Waals surface area (Å²) in [6, 6.07) is 28.5. The quantitative estimate of drug-likeness (QED) is 0.312. The largest absolute Gasteiger partial charge is 0.393 e. The first-order valence-corrected chi connectivity index (χ1v) is 13.8. The first-order chi connectivity index (χ1) is 20.0. The molecule has 2 heterocycles. The van der Waals surface area contributed by atoms with Crippen LogP contribution in [-0.4, -0.2) is 66.1 Å². The fraction of sp³-hybridized carbons (Fsp3) is 0.375. The number of benzene rings is 3. The Bertz CT molecular complexity index is 1280. The third kappa shape index (κ3) is 6.66. The highest BCUT2D eigenvalue weighted by atomic mass is 16.6. The highest BCUT2D eigenvalue weighted by molar-refractivity contribution is 5.94. The molecule has 3 aromatic carbocycles. The van der Waals surface area contributed by atoms with Crippen LogP contribution in [0.2, 0.25) is 0 Å². The Morgan fingerprint density at radius 3 is 1.88 bits per heavy atom. The average Bonchev–Trinajstić information content (AvgIpc) is 3.26. The van der Waals surface area contributed by atoms with Gasteiger partial charge < -0.3 is 34.7 Å². The molecule has 0 bridgehead atoms. The Kier molecular flexibility index (Phi) is 9.43. The molecule has 3 aromatic rings. The first kappa shape index (κ1) is 28.9. The third-order valence-electron chi connectivity index (χ3n) is 7.49. The number of amides is 2. The lowest BCUT2D eigenvalue weighted by atomic mass is 9.85. The van der Waals surface area contributed by atoms with Gasteiger partial charge in [-0.05, 0) is 16.7 Å². The molecule has 41 heavy (non-hydrogen) atoms. The number of hydrogen-bond acceptors (Lipinski definition) is 7. The molecule has 0 aliphatic carbocycles. The number of carbonyl (C=O) groups is 2. The molecule has 3 N–H and O–H groups in total. The summed E-state index contributed by atoms with van der Waals surface area (Å²) in [4.78, 5) is 25.5. The summed E-state index contributed by atoms with van der Waals surface area (Å²) in [7, 11) is 0. The summed E-state index contributed by atoms with van der Waals surface area (Å²) in [6.07, 6.45) is -2.90. The van der Waals surface area contributed by atoms with Crippen LogP contribution in [0.1, 0.15) is 23.6 Å². The molecular formula is C32H36N2O7. The molecule has 2 amide bonds. The van der Waals surface area contributed by atoms with Crippen molar-refractivity contribution in [3.05, 3.63) is 108 Å². The highest BCUT2D eigenvalue weighted by Crippen LogP contribution is 2.37. The van der Waals surface area contributed by atoms with Gasteiger partial charge in [0.25, 0.3) is 5.91 Å². The minimum atomic E-state index is -1.67. The van der Waals surface area contributed by atoms with E-state index in [1.54, 1.807) is 0 Å². The van der Waals surface area contributed by atoms with Gasteiger partial charge in [-0.15, -0.1) is 0 Å². The number of carbonyl (C=O) groups excluding carboxylic acids is 2. The van der Waals surface area contributed by atoms with Crippen LogP contribution in [0.5, 0.6) is 0 Å². The van der Waals surface area contributed by atoms with Gasteiger partial charge in [-0.3, -0.25) is 9.59 Å². The molecular weight excluding hydrogens is 524 g/mol. The second-order valence-electron chi connectivity index (χ2n) is 10.4. The molecule has 0 radical (unpaired) electrons. The van der Waals surface area contributed by atoms with Gasteiger partial charge in [-0.1, -0.05) is 91.0 Å². The number of aliphatic hydroxyl groups is 1. The molecule has 0 spiro atoms. The van der Waals surface area contributed by atoms with Crippen molar-refractivity contribution in [2.45, 2.75) is 62.7 Å². The Morgan fingerprint density at radius 2 is 1.37 bits per heavy atom. The summed E-state index contributed by atoms with van der Waals surface area (Å²) in [5.41, 5.74) is 1.25. The lowest BCUT2D eigenvalue weighted by Crippen LogP contribution is -2.69. The van der Waals surface area contributed by atoms with E-state index in [-0.39, 0.29) is 19.8 Å². The fourth-order valence-electron chi connectivity index (χ4n) is 5.51. The number of rotatable bonds is 12. The highest BCUT2D eigenvalue weighted by Gasteiger charge is 2.64. The molecule has 6 atom stereocenters. The monoisotopic (exact) mass is 560 g/mol. The van der Waals surface area contributed by atoms with E-state index in [9.17, 15) is 14.7 Å². The van der Waals surface area contributed by atoms with Crippen molar-refractivity contribution < 1.29 is 33.6 Å². The van der Waals surface area contributed by atoms with Crippen LogP contribution in [0.3, 0.4) is 0 Å². The summed E-state index contributed by atoms with van der Waals surface area (Å²) in [5, 5.41) is 16.0. The molecule has 2 aliphatic rings. The van der Waals surface area contributed by atoms with Crippen LogP contribution in [-0.2, 0) is 48.4 Å². The predicted octanol–water partition coefficient (Wildman–Crippen LogP) is 2.51. The Labute approximate surface area is 239 Å². The normalized spacial score (nSPS) is 27.2. The SMILES string of the molecule is CC(=O)N[C@@]1(CO)C(=O)N[C@@H]2[C@@H](OCc3ccccc3)[C@@H](OCc3ccccc3)[C@@H](COCc3ccccc3)O[C@@H]21. The number of hydrogen-bond donors (Lipinski definition) is 3. The molecule has 0 aromatic heterocycles. The van der Waals surface area contributed by atoms with E-state index in [1.807, 2.05) is 91.0 Å². The minimum absolute atomic E-state index is 0.137.